The van der Waals surface area contributed by atoms with Gasteiger partial charge in [0, 0.05) is 33.0 Å². The van der Waals surface area contributed by atoms with Crippen LogP contribution in [0.4, 0.5) is 0 Å². The third-order valence-corrected chi connectivity index (χ3v) is 4.29. The second-order valence-electron chi connectivity index (χ2n) is 5.87. The van der Waals surface area contributed by atoms with Crippen LogP contribution in [-0.2, 0) is 0 Å². The molecule has 0 saturated carbocycles. The predicted octanol–water partition coefficient (Wildman–Crippen LogP) is 4.09. The minimum absolute atomic E-state index is 0.0641. The van der Waals surface area contributed by atoms with Crippen molar-refractivity contribution in [1.82, 2.24) is 10.2 Å². The van der Waals surface area contributed by atoms with Crippen LogP contribution in [0.5, 0.6) is 0 Å². The number of ketones is 2. The van der Waals surface area contributed by atoms with Crippen LogP contribution in [0, 0.1) is 0 Å². The van der Waals surface area contributed by atoms with E-state index in [1.54, 1.807) is 60.9 Å². The van der Waals surface area contributed by atoms with Crippen LogP contribution < -0.4 is 0 Å². The summed E-state index contributed by atoms with van der Waals surface area (Å²) in [6, 6.07) is 21.9. The van der Waals surface area contributed by atoms with Crippen LogP contribution in [0.25, 0.3) is 10.8 Å². The fourth-order valence-corrected chi connectivity index (χ4v) is 2.99. The second kappa shape index (κ2) is 6.69. The van der Waals surface area contributed by atoms with Crippen molar-refractivity contribution in [2.45, 2.75) is 0 Å². The molecule has 5 rings (SSSR count). The summed E-state index contributed by atoms with van der Waals surface area (Å²) in [5, 5.41) is 9.80. The number of rotatable bonds is 0. The van der Waals surface area contributed by atoms with Gasteiger partial charge in [-0.05, 0) is 0 Å². The van der Waals surface area contributed by atoms with Crippen molar-refractivity contribution in [1.29, 1.82) is 0 Å². The van der Waals surface area contributed by atoms with Crippen molar-refractivity contribution in [3.05, 3.63) is 107 Å². The number of aromatic nitrogens is 2. The van der Waals surface area contributed by atoms with E-state index in [1.165, 1.54) is 0 Å². The Morgan fingerprint density at radius 1 is 0.462 bits per heavy atom. The van der Waals surface area contributed by atoms with Crippen molar-refractivity contribution < 1.29 is 9.59 Å². The van der Waals surface area contributed by atoms with Crippen LogP contribution in [0.1, 0.15) is 31.8 Å². The highest BCUT2D eigenvalue weighted by atomic mass is 16.1. The van der Waals surface area contributed by atoms with Crippen molar-refractivity contribution in [2.24, 2.45) is 0 Å². The maximum atomic E-state index is 12.1. The van der Waals surface area contributed by atoms with Gasteiger partial charge in [-0.2, -0.15) is 10.2 Å². The fraction of sp³-hybridized carbons (Fsp3) is 0. The van der Waals surface area contributed by atoms with Gasteiger partial charge >= 0.3 is 0 Å². The number of fused-ring (bicyclic) bond motifs is 3. The van der Waals surface area contributed by atoms with Crippen LogP contribution >= 0.6 is 0 Å². The van der Waals surface area contributed by atoms with Gasteiger partial charge in [-0.25, -0.2) is 0 Å². The molecule has 1 aliphatic rings. The highest BCUT2D eigenvalue weighted by Gasteiger charge is 2.28. The third kappa shape index (κ3) is 2.78. The molecule has 0 atom stereocenters. The molecule has 1 aromatic heterocycles. The molecular formula is C22H14N2O2. The lowest BCUT2D eigenvalue weighted by Crippen LogP contribution is -2.20. The molecule has 124 valence electrons. The number of nitrogens with zero attached hydrogens (tertiary/aromatic N) is 2. The lowest BCUT2D eigenvalue weighted by molar-refractivity contribution is 0.0979. The number of hydrogen-bond donors (Lipinski definition) is 0. The van der Waals surface area contributed by atoms with E-state index in [-0.39, 0.29) is 11.6 Å². The maximum absolute atomic E-state index is 12.1. The molecule has 0 radical (unpaired) electrons. The Hall–Kier alpha value is -3.66. The Labute approximate surface area is 150 Å². The lowest BCUT2D eigenvalue weighted by Gasteiger charge is -2.16. The van der Waals surface area contributed by atoms with Gasteiger partial charge in [0.25, 0.3) is 0 Å². The number of carbonyl (C=O) groups is 2. The van der Waals surface area contributed by atoms with Crippen LogP contribution in [0.2, 0.25) is 0 Å². The molecule has 4 heteroatoms. The summed E-state index contributed by atoms with van der Waals surface area (Å²) in [6.45, 7) is 0. The molecule has 1 heterocycles. The Morgan fingerprint density at radius 3 is 1.12 bits per heavy atom. The van der Waals surface area contributed by atoms with Gasteiger partial charge in [0.05, 0.1) is 12.4 Å². The van der Waals surface area contributed by atoms with Crippen molar-refractivity contribution >= 4 is 22.3 Å². The Balaban J connectivity index is 0.000000144. The molecule has 0 unspecified atom stereocenters. The van der Waals surface area contributed by atoms with E-state index in [2.05, 4.69) is 10.2 Å². The zero-order chi connectivity index (χ0) is 17.9. The first-order valence-electron chi connectivity index (χ1n) is 8.18. The van der Waals surface area contributed by atoms with Gasteiger partial charge in [-0.1, -0.05) is 72.8 Å². The summed E-state index contributed by atoms with van der Waals surface area (Å²) >= 11 is 0. The summed E-state index contributed by atoms with van der Waals surface area (Å²) in [5.41, 5.74) is 2.02. The summed E-state index contributed by atoms with van der Waals surface area (Å²) in [4.78, 5) is 24.2. The van der Waals surface area contributed by atoms with Gasteiger partial charge in [0.1, 0.15) is 0 Å². The molecule has 4 nitrogen and oxygen atoms in total. The highest BCUT2D eigenvalue weighted by molar-refractivity contribution is 6.28. The normalized spacial score (nSPS) is 12.0. The summed E-state index contributed by atoms with van der Waals surface area (Å²) in [5.74, 6) is -0.128. The van der Waals surface area contributed by atoms with Crippen molar-refractivity contribution in [3.8, 4) is 0 Å². The predicted molar refractivity (Wildman–Crippen MR) is 99.3 cm³/mol. The summed E-state index contributed by atoms with van der Waals surface area (Å²) < 4.78 is 0. The molecule has 3 aromatic carbocycles. The zero-order valence-electron chi connectivity index (χ0n) is 13.8. The summed E-state index contributed by atoms with van der Waals surface area (Å²) in [7, 11) is 0. The lowest BCUT2D eigenvalue weighted by atomic mass is 9.84. The standard InChI is InChI=1S/C14H8O2.C8H6N2/c15-13-9-5-1-2-6-10(9)14(16)12-8-4-3-7-11(12)13;1-2-4-8-6-10-9-5-7(8)3-1/h1-8H;1-6H. The van der Waals surface area contributed by atoms with E-state index in [1.807, 2.05) is 24.3 Å². The van der Waals surface area contributed by atoms with E-state index in [0.717, 1.165) is 10.8 Å². The number of carbonyl (C=O) groups excluding carboxylic acids is 2. The van der Waals surface area contributed by atoms with Gasteiger partial charge in [0.2, 0.25) is 0 Å². The highest BCUT2D eigenvalue weighted by Crippen LogP contribution is 2.26. The van der Waals surface area contributed by atoms with Gasteiger partial charge in [-0.3, -0.25) is 9.59 Å². The Bertz CT molecular complexity index is 965. The third-order valence-electron chi connectivity index (χ3n) is 4.29. The van der Waals surface area contributed by atoms with E-state index >= 15 is 0 Å². The zero-order valence-corrected chi connectivity index (χ0v) is 13.8. The SMILES string of the molecule is O=C1c2ccccc2C(=O)c2ccccc21.c1ccc2cnncc2c1. The van der Waals surface area contributed by atoms with Crippen molar-refractivity contribution in [3.63, 3.8) is 0 Å². The van der Waals surface area contributed by atoms with E-state index in [9.17, 15) is 9.59 Å². The number of benzene rings is 3. The molecule has 0 N–H and O–H groups in total. The fourth-order valence-electron chi connectivity index (χ4n) is 2.99. The van der Waals surface area contributed by atoms with E-state index in [0.29, 0.717) is 22.3 Å². The average molecular weight is 338 g/mol. The molecular weight excluding hydrogens is 324 g/mol. The van der Waals surface area contributed by atoms with Crippen LogP contribution in [0.15, 0.2) is 85.2 Å². The Morgan fingerprint density at radius 2 is 0.769 bits per heavy atom. The number of hydrogen-bond acceptors (Lipinski definition) is 4. The molecule has 26 heavy (non-hydrogen) atoms. The molecule has 0 bridgehead atoms. The van der Waals surface area contributed by atoms with Crippen LogP contribution in [-0.4, -0.2) is 21.8 Å². The first-order chi connectivity index (χ1) is 12.8. The molecule has 1 aliphatic carbocycles. The minimum Gasteiger partial charge on any atom is -0.289 e. The average Bonchev–Trinajstić information content (AvgIpc) is 2.73. The Kier molecular flexibility index (Phi) is 4.07. The van der Waals surface area contributed by atoms with Crippen molar-refractivity contribution in [2.75, 3.05) is 0 Å². The largest absolute Gasteiger partial charge is 0.289 e. The second-order valence-corrected chi connectivity index (χ2v) is 5.87. The quantitative estimate of drug-likeness (QED) is 0.427. The first kappa shape index (κ1) is 15.8. The summed E-state index contributed by atoms with van der Waals surface area (Å²) in [6.07, 6.45) is 3.52. The van der Waals surface area contributed by atoms with Crippen LogP contribution in [0.3, 0.4) is 0 Å². The van der Waals surface area contributed by atoms with E-state index < -0.39 is 0 Å². The molecule has 0 spiro atoms. The maximum Gasteiger partial charge on any atom is 0.194 e. The monoisotopic (exact) mass is 338 g/mol. The topological polar surface area (TPSA) is 59.9 Å². The smallest absolute Gasteiger partial charge is 0.194 e. The van der Waals surface area contributed by atoms with Gasteiger partial charge in [-0.15, -0.1) is 0 Å². The molecule has 0 fully saturated rings. The molecule has 0 saturated heterocycles. The van der Waals surface area contributed by atoms with Gasteiger partial charge < -0.3 is 0 Å². The van der Waals surface area contributed by atoms with E-state index in [4.69, 9.17) is 0 Å². The van der Waals surface area contributed by atoms with Gasteiger partial charge in [0.15, 0.2) is 11.6 Å². The molecule has 4 aromatic rings. The molecule has 0 aliphatic heterocycles. The first-order valence-corrected chi connectivity index (χ1v) is 8.18. The molecule has 0 amide bonds. The minimum atomic E-state index is -0.0641.